The van der Waals surface area contributed by atoms with Crippen LogP contribution in [0.3, 0.4) is 0 Å². The van der Waals surface area contributed by atoms with Crippen molar-refractivity contribution >= 4 is 27.8 Å². The predicted molar refractivity (Wildman–Crippen MR) is 82.9 cm³/mol. The van der Waals surface area contributed by atoms with Gasteiger partial charge >= 0.3 is 5.69 Å². The first-order valence-electron chi connectivity index (χ1n) is 6.98. The summed E-state index contributed by atoms with van der Waals surface area (Å²) in [5.41, 5.74) is 0.0491. The molecule has 0 spiro atoms. The van der Waals surface area contributed by atoms with E-state index < -0.39 is 4.92 Å². The van der Waals surface area contributed by atoms with E-state index >= 15 is 0 Å². The second-order valence-corrected chi connectivity index (χ2v) is 5.87. The zero-order valence-corrected chi connectivity index (χ0v) is 13.3. The van der Waals surface area contributed by atoms with E-state index in [4.69, 9.17) is 0 Å². The fourth-order valence-corrected chi connectivity index (χ4v) is 3.21. The number of nitro groups is 1. The highest BCUT2D eigenvalue weighted by molar-refractivity contribution is 7.18. The van der Waals surface area contributed by atoms with E-state index in [1.165, 1.54) is 24.3 Å². The van der Waals surface area contributed by atoms with Crippen molar-refractivity contribution < 1.29 is 9.72 Å². The highest BCUT2D eigenvalue weighted by atomic mass is 32.1. The first-order valence-corrected chi connectivity index (χ1v) is 7.80. The van der Waals surface area contributed by atoms with Crippen LogP contribution in [0.25, 0.3) is 0 Å². The number of carbonyl (C=O) groups is 1. The molecule has 0 aromatic carbocycles. The molecule has 0 aliphatic carbocycles. The van der Waals surface area contributed by atoms with Crippen molar-refractivity contribution in [1.82, 2.24) is 0 Å². The van der Waals surface area contributed by atoms with Crippen LogP contribution in [0.5, 0.6) is 0 Å². The monoisotopic (exact) mass is 298 g/mol. The second-order valence-electron chi connectivity index (χ2n) is 4.84. The van der Waals surface area contributed by atoms with E-state index in [2.05, 4.69) is 13.8 Å². The van der Waals surface area contributed by atoms with Gasteiger partial charge < -0.3 is 4.90 Å². The molecule has 0 saturated carbocycles. The standard InChI is InChI=1S/C14H22N2O3S/c1-5-11(6-2)9-15(7-3)14-12(16(18)19)8-13(20-14)10(4)17/h8,11H,5-7,9H2,1-4H3. The molecule has 1 rings (SSSR count). The van der Waals surface area contributed by atoms with Crippen LogP contribution >= 0.6 is 11.3 Å². The van der Waals surface area contributed by atoms with Crippen LogP contribution in [-0.2, 0) is 0 Å². The Morgan fingerprint density at radius 1 is 1.40 bits per heavy atom. The van der Waals surface area contributed by atoms with Gasteiger partial charge in [0.15, 0.2) is 10.8 Å². The summed E-state index contributed by atoms with van der Waals surface area (Å²) in [6.07, 6.45) is 2.09. The SMILES string of the molecule is CCC(CC)CN(CC)c1sc(C(C)=O)cc1[N+](=O)[O-]. The van der Waals surface area contributed by atoms with E-state index in [0.29, 0.717) is 22.3 Å². The van der Waals surface area contributed by atoms with Gasteiger partial charge in [-0.2, -0.15) is 0 Å². The third-order valence-electron chi connectivity index (χ3n) is 3.54. The molecule has 0 radical (unpaired) electrons. The van der Waals surface area contributed by atoms with Gasteiger partial charge in [0.1, 0.15) is 0 Å². The van der Waals surface area contributed by atoms with E-state index in [0.717, 1.165) is 19.4 Å². The molecule has 20 heavy (non-hydrogen) atoms. The van der Waals surface area contributed by atoms with Gasteiger partial charge in [-0.1, -0.05) is 26.7 Å². The largest absolute Gasteiger partial charge is 0.358 e. The van der Waals surface area contributed by atoms with Gasteiger partial charge in [-0.05, 0) is 19.8 Å². The predicted octanol–water partition coefficient (Wildman–Crippen LogP) is 4.12. The molecule has 0 aliphatic heterocycles. The minimum Gasteiger partial charge on any atom is -0.358 e. The highest BCUT2D eigenvalue weighted by Gasteiger charge is 2.25. The molecule has 0 N–H and O–H groups in total. The molecule has 112 valence electrons. The molecular weight excluding hydrogens is 276 g/mol. The Hall–Kier alpha value is -1.43. The van der Waals surface area contributed by atoms with Crippen molar-refractivity contribution in [2.75, 3.05) is 18.0 Å². The summed E-state index contributed by atoms with van der Waals surface area (Å²) >= 11 is 1.23. The third-order valence-corrected chi connectivity index (χ3v) is 4.83. The molecule has 1 aromatic heterocycles. The van der Waals surface area contributed by atoms with Crippen LogP contribution in [0.15, 0.2) is 6.07 Å². The Morgan fingerprint density at radius 3 is 2.40 bits per heavy atom. The number of rotatable bonds is 8. The summed E-state index contributed by atoms with van der Waals surface area (Å²) in [5.74, 6) is 0.389. The summed E-state index contributed by atoms with van der Waals surface area (Å²) in [7, 11) is 0. The maximum atomic E-state index is 11.4. The molecule has 1 aromatic rings. The Morgan fingerprint density at radius 2 is 2.00 bits per heavy atom. The minimum absolute atomic E-state index is 0.0491. The summed E-state index contributed by atoms with van der Waals surface area (Å²) in [6.45, 7) is 9.19. The fraction of sp³-hybridized carbons (Fsp3) is 0.643. The molecule has 0 bridgehead atoms. The second kappa shape index (κ2) is 7.38. The summed E-state index contributed by atoms with van der Waals surface area (Å²) in [6, 6.07) is 1.40. The smallest absolute Gasteiger partial charge is 0.304 e. The zero-order valence-electron chi connectivity index (χ0n) is 12.5. The Balaban J connectivity index is 3.12. The van der Waals surface area contributed by atoms with E-state index in [1.807, 2.05) is 11.8 Å². The van der Waals surface area contributed by atoms with E-state index in [-0.39, 0.29) is 11.5 Å². The number of carbonyl (C=O) groups excluding carboxylic acids is 1. The number of thiophene rings is 1. The molecular formula is C14H22N2O3S. The van der Waals surface area contributed by atoms with Crippen molar-refractivity contribution in [2.45, 2.75) is 40.5 Å². The summed E-state index contributed by atoms with van der Waals surface area (Å²) in [4.78, 5) is 24.7. The molecule has 5 nitrogen and oxygen atoms in total. The number of Topliss-reactive ketones (excluding diaryl/α,β-unsaturated/α-hetero) is 1. The quantitative estimate of drug-likeness (QED) is 0.411. The molecule has 0 unspecified atom stereocenters. The normalized spacial score (nSPS) is 10.8. The van der Waals surface area contributed by atoms with Gasteiger partial charge in [-0.25, -0.2) is 0 Å². The number of hydrogen-bond donors (Lipinski definition) is 0. The lowest BCUT2D eigenvalue weighted by atomic mass is 10.0. The van der Waals surface area contributed by atoms with E-state index in [9.17, 15) is 14.9 Å². The molecule has 6 heteroatoms. The van der Waals surface area contributed by atoms with Gasteiger partial charge in [-0.15, -0.1) is 11.3 Å². The lowest BCUT2D eigenvalue weighted by Crippen LogP contribution is -2.28. The van der Waals surface area contributed by atoms with Gasteiger partial charge in [-0.3, -0.25) is 14.9 Å². The average Bonchev–Trinajstić information content (AvgIpc) is 2.85. The van der Waals surface area contributed by atoms with Gasteiger partial charge in [0.2, 0.25) is 0 Å². The van der Waals surface area contributed by atoms with Crippen molar-refractivity contribution in [1.29, 1.82) is 0 Å². The van der Waals surface area contributed by atoms with Crippen LogP contribution < -0.4 is 4.90 Å². The van der Waals surface area contributed by atoms with Gasteiger partial charge in [0, 0.05) is 19.2 Å². The lowest BCUT2D eigenvalue weighted by Gasteiger charge is -2.25. The number of ketones is 1. The van der Waals surface area contributed by atoms with Crippen LogP contribution in [-0.4, -0.2) is 23.8 Å². The van der Waals surface area contributed by atoms with Crippen molar-refractivity contribution in [3.8, 4) is 0 Å². The first kappa shape index (κ1) is 16.6. The maximum absolute atomic E-state index is 11.4. The molecule has 0 atom stereocenters. The maximum Gasteiger partial charge on any atom is 0.304 e. The molecule has 0 fully saturated rings. The molecule has 0 amide bonds. The first-order chi connectivity index (χ1) is 9.44. The molecule has 1 heterocycles. The van der Waals surface area contributed by atoms with E-state index in [1.54, 1.807) is 0 Å². The van der Waals surface area contributed by atoms with Gasteiger partial charge in [0.25, 0.3) is 0 Å². The molecule has 0 saturated heterocycles. The third kappa shape index (κ3) is 3.79. The van der Waals surface area contributed by atoms with Crippen molar-refractivity contribution in [3.05, 3.63) is 21.1 Å². The zero-order chi connectivity index (χ0) is 15.3. The van der Waals surface area contributed by atoms with Crippen molar-refractivity contribution in [2.24, 2.45) is 5.92 Å². The van der Waals surface area contributed by atoms with Crippen LogP contribution in [0, 0.1) is 16.0 Å². The average molecular weight is 298 g/mol. The van der Waals surface area contributed by atoms with Gasteiger partial charge in [0.05, 0.1) is 9.80 Å². The molecule has 0 aliphatic rings. The number of nitrogens with zero attached hydrogens (tertiary/aromatic N) is 2. The topological polar surface area (TPSA) is 63.5 Å². The number of anilines is 1. The lowest BCUT2D eigenvalue weighted by molar-refractivity contribution is -0.383. The summed E-state index contributed by atoms with van der Waals surface area (Å²) < 4.78 is 0. The Kier molecular flexibility index (Phi) is 6.13. The Bertz CT molecular complexity index is 481. The Labute approximate surface area is 123 Å². The van der Waals surface area contributed by atoms with Crippen LogP contribution in [0.4, 0.5) is 10.7 Å². The minimum atomic E-state index is -0.395. The fourth-order valence-electron chi connectivity index (χ4n) is 2.12. The van der Waals surface area contributed by atoms with Crippen LogP contribution in [0.2, 0.25) is 0 Å². The van der Waals surface area contributed by atoms with Crippen LogP contribution in [0.1, 0.15) is 50.2 Å². The summed E-state index contributed by atoms with van der Waals surface area (Å²) in [5, 5.41) is 11.8. The highest BCUT2D eigenvalue weighted by Crippen LogP contribution is 2.38. The number of hydrogen-bond acceptors (Lipinski definition) is 5. The van der Waals surface area contributed by atoms with Crippen molar-refractivity contribution in [3.63, 3.8) is 0 Å².